The lowest BCUT2D eigenvalue weighted by atomic mass is 9.86. The van der Waals surface area contributed by atoms with Crippen LogP contribution in [0.1, 0.15) is 49.5 Å². The first-order valence-electron chi connectivity index (χ1n) is 13.6. The molecule has 44 heavy (non-hydrogen) atoms. The van der Waals surface area contributed by atoms with E-state index in [2.05, 4.69) is 30.7 Å². The summed E-state index contributed by atoms with van der Waals surface area (Å²) in [4.78, 5) is 34.3. The number of nitrogens with one attached hydrogen (secondary N) is 1. The molecule has 10 nitrogen and oxygen atoms in total. The number of carbonyl (C=O) groups excluding carboxylic acids is 2. The summed E-state index contributed by atoms with van der Waals surface area (Å²) in [6.45, 7) is 5.67. The number of carbonyl (C=O) groups is 2. The van der Waals surface area contributed by atoms with E-state index >= 15 is 4.39 Å². The molecule has 0 aliphatic heterocycles. The molecule has 0 radical (unpaired) electrons. The van der Waals surface area contributed by atoms with Crippen molar-refractivity contribution in [3.63, 3.8) is 0 Å². The molecular weight excluding hydrogens is 673 g/mol. The summed E-state index contributed by atoms with van der Waals surface area (Å²) in [6, 6.07) is 11.7. The highest BCUT2D eigenvalue weighted by Gasteiger charge is 2.50. The maximum absolute atomic E-state index is 15.9. The first-order valence-corrected chi connectivity index (χ1v) is 16.8. The number of hydrogen-bond donors (Lipinski definition) is 1. The molecule has 2 amide bonds. The Morgan fingerprint density at radius 2 is 1.86 bits per heavy atom. The molecule has 2 aromatic carbocycles. The molecule has 14 heteroatoms. The van der Waals surface area contributed by atoms with E-state index in [1.54, 1.807) is 23.7 Å². The number of benzene rings is 2. The van der Waals surface area contributed by atoms with Crippen molar-refractivity contribution in [1.82, 2.24) is 19.5 Å². The molecule has 4 rings (SSSR count). The molecule has 0 saturated heterocycles. The average Bonchev–Trinajstić information content (AvgIpc) is 3.69. The zero-order valence-corrected chi connectivity index (χ0v) is 27.9. The van der Waals surface area contributed by atoms with Gasteiger partial charge in [0.2, 0.25) is 0 Å². The Morgan fingerprint density at radius 1 is 1.14 bits per heavy atom. The Balaban J connectivity index is 1.95. The van der Waals surface area contributed by atoms with E-state index in [0.29, 0.717) is 10.0 Å². The average molecular weight is 707 g/mol. The Morgan fingerprint density at radius 3 is 2.45 bits per heavy atom. The van der Waals surface area contributed by atoms with Crippen LogP contribution in [0.4, 0.5) is 9.52 Å². The monoisotopic (exact) mass is 705 g/mol. The molecule has 0 spiro atoms. The molecule has 234 valence electrons. The number of amides is 2. The molecule has 0 bridgehead atoms. The van der Waals surface area contributed by atoms with Gasteiger partial charge in [0, 0.05) is 42.2 Å². The van der Waals surface area contributed by atoms with E-state index in [-0.39, 0.29) is 41.6 Å². The standard InChI is InChI=1S/C30H33BrFN5O5S2/c1-29(2,3)23-19-25(32)22(18-24(23)31)26(38)37(28-33-14-17-43-28)30(12-8-16-42-4,20-36-15-9-13-34-36)27(39)35-44(40,41)21-10-6-5-7-11-21/h5-7,9-11,13-15,17-19H,8,12,16,20H2,1-4H3,(H,35,39). The maximum Gasteiger partial charge on any atom is 0.264 e. The van der Waals surface area contributed by atoms with Crippen LogP contribution in [0.3, 0.4) is 0 Å². The number of methoxy groups -OCH3 is 1. The zero-order valence-electron chi connectivity index (χ0n) is 24.7. The summed E-state index contributed by atoms with van der Waals surface area (Å²) >= 11 is 4.54. The van der Waals surface area contributed by atoms with Gasteiger partial charge in [-0.15, -0.1) is 11.3 Å². The fourth-order valence-electron chi connectivity index (χ4n) is 4.79. The highest BCUT2D eigenvalue weighted by Crippen LogP contribution is 2.37. The number of aromatic nitrogens is 3. The second kappa shape index (κ2) is 13.7. The highest BCUT2D eigenvalue weighted by atomic mass is 79.9. The van der Waals surface area contributed by atoms with Crippen molar-refractivity contribution >= 4 is 54.2 Å². The lowest BCUT2D eigenvalue weighted by Gasteiger charge is -2.41. The predicted octanol–water partition coefficient (Wildman–Crippen LogP) is 5.56. The molecule has 0 aliphatic rings. The van der Waals surface area contributed by atoms with Gasteiger partial charge in [-0.3, -0.25) is 19.2 Å². The fourth-order valence-corrected chi connectivity index (χ4v) is 7.53. The van der Waals surface area contributed by atoms with Crippen molar-refractivity contribution in [2.75, 3.05) is 18.6 Å². The summed E-state index contributed by atoms with van der Waals surface area (Å²) in [7, 11) is -2.89. The van der Waals surface area contributed by atoms with E-state index in [9.17, 15) is 18.0 Å². The maximum atomic E-state index is 15.9. The SMILES string of the molecule is COCCCC(Cn1cccn1)(C(=O)NS(=O)(=O)c1ccccc1)N(C(=O)c1cc(Br)c(C(C)(C)C)cc1F)c1nccs1. The number of halogens is 2. The van der Waals surface area contributed by atoms with Crippen LogP contribution in [0.5, 0.6) is 0 Å². The van der Waals surface area contributed by atoms with Gasteiger partial charge in [-0.25, -0.2) is 22.5 Å². The van der Waals surface area contributed by atoms with Crippen LogP contribution in [-0.2, 0) is 31.5 Å². The third kappa shape index (κ3) is 7.25. The smallest absolute Gasteiger partial charge is 0.264 e. The Kier molecular flexibility index (Phi) is 10.4. The zero-order chi connectivity index (χ0) is 32.1. The van der Waals surface area contributed by atoms with Crippen LogP contribution >= 0.6 is 27.3 Å². The van der Waals surface area contributed by atoms with Crippen LogP contribution in [-0.4, -0.2) is 54.3 Å². The Labute approximate surface area is 268 Å². The van der Waals surface area contributed by atoms with Gasteiger partial charge >= 0.3 is 0 Å². The number of anilines is 1. The van der Waals surface area contributed by atoms with Crippen LogP contribution in [0, 0.1) is 5.82 Å². The molecule has 0 fully saturated rings. The summed E-state index contributed by atoms with van der Waals surface area (Å²) in [5, 5.41) is 5.93. The largest absolute Gasteiger partial charge is 0.385 e. The van der Waals surface area contributed by atoms with Crippen LogP contribution in [0.25, 0.3) is 0 Å². The molecule has 1 atom stereocenters. The molecule has 0 saturated carbocycles. The Hall–Kier alpha value is -3.46. The minimum atomic E-state index is -4.38. The van der Waals surface area contributed by atoms with Gasteiger partial charge in [-0.2, -0.15) is 5.10 Å². The van der Waals surface area contributed by atoms with Gasteiger partial charge in [-0.05, 0) is 54.2 Å². The third-order valence-electron chi connectivity index (χ3n) is 6.96. The molecule has 0 aliphatic carbocycles. The van der Waals surface area contributed by atoms with Gasteiger partial charge in [0.1, 0.15) is 11.4 Å². The van der Waals surface area contributed by atoms with Crippen LogP contribution in [0.2, 0.25) is 0 Å². The van der Waals surface area contributed by atoms with E-state index in [1.165, 1.54) is 60.6 Å². The van der Waals surface area contributed by atoms with E-state index in [4.69, 9.17) is 4.74 Å². The number of nitrogens with zero attached hydrogens (tertiary/aromatic N) is 4. The number of thiazole rings is 1. The van der Waals surface area contributed by atoms with Gasteiger partial charge < -0.3 is 4.74 Å². The van der Waals surface area contributed by atoms with Crippen molar-refractivity contribution in [3.05, 3.63) is 93.9 Å². The normalized spacial score (nSPS) is 13.3. The van der Waals surface area contributed by atoms with Gasteiger partial charge in [-0.1, -0.05) is 54.9 Å². The fraction of sp³-hybridized carbons (Fsp3) is 0.333. The van der Waals surface area contributed by atoms with Crippen LogP contribution < -0.4 is 9.62 Å². The topological polar surface area (TPSA) is 123 Å². The molecule has 1 N–H and O–H groups in total. The lowest BCUT2D eigenvalue weighted by Crippen LogP contribution is -2.64. The molecule has 1 unspecified atom stereocenters. The lowest BCUT2D eigenvalue weighted by molar-refractivity contribution is -0.125. The van der Waals surface area contributed by atoms with Gasteiger partial charge in [0.25, 0.3) is 21.8 Å². The molecular formula is C30H33BrFN5O5S2. The summed E-state index contributed by atoms with van der Waals surface area (Å²) < 4.78 is 52.1. The van der Waals surface area contributed by atoms with E-state index in [0.717, 1.165) is 16.2 Å². The number of rotatable bonds is 12. The van der Waals surface area contributed by atoms with E-state index in [1.807, 2.05) is 20.8 Å². The molecule has 2 heterocycles. The van der Waals surface area contributed by atoms with Crippen molar-refractivity contribution < 1.29 is 27.1 Å². The summed E-state index contributed by atoms with van der Waals surface area (Å²) in [5.74, 6) is -2.69. The van der Waals surface area contributed by atoms with E-state index < -0.39 is 38.6 Å². The Bertz CT molecular complexity index is 1700. The number of hydrogen-bond acceptors (Lipinski definition) is 8. The minimum absolute atomic E-state index is 0.0715. The molecule has 4 aromatic rings. The second-order valence-corrected chi connectivity index (χ2v) is 14.5. The van der Waals surface area contributed by atoms with Crippen molar-refractivity contribution in [1.29, 1.82) is 0 Å². The number of ether oxygens (including phenoxy) is 1. The van der Waals surface area contributed by atoms with Crippen molar-refractivity contribution in [3.8, 4) is 0 Å². The van der Waals surface area contributed by atoms with Gasteiger partial charge in [0.15, 0.2) is 5.13 Å². The quantitative estimate of drug-likeness (QED) is 0.192. The minimum Gasteiger partial charge on any atom is -0.385 e. The molecule has 2 aromatic heterocycles. The van der Waals surface area contributed by atoms with Crippen molar-refractivity contribution in [2.45, 2.75) is 56.0 Å². The third-order valence-corrected chi connectivity index (χ3v) is 9.72. The summed E-state index contributed by atoms with van der Waals surface area (Å²) in [6.07, 6.45) is 4.69. The van der Waals surface area contributed by atoms with Crippen LogP contribution in [0.15, 0.2) is 81.9 Å². The predicted molar refractivity (Wildman–Crippen MR) is 170 cm³/mol. The highest BCUT2D eigenvalue weighted by molar-refractivity contribution is 9.10. The summed E-state index contributed by atoms with van der Waals surface area (Å²) in [5.41, 5.74) is -2.08. The van der Waals surface area contributed by atoms with Gasteiger partial charge in [0.05, 0.1) is 17.0 Å². The first kappa shape index (κ1) is 33.4. The number of sulfonamides is 1. The first-order chi connectivity index (χ1) is 20.8. The van der Waals surface area contributed by atoms with Crippen molar-refractivity contribution in [2.24, 2.45) is 0 Å². The second-order valence-electron chi connectivity index (χ2n) is 11.1.